The highest BCUT2D eigenvalue weighted by molar-refractivity contribution is 5.85. The standard InChI is InChI=1S/C13H14O4/c14-13(15)6-4-10-3-5-11-12(9-10)17-8-2-1-7-16-11/h3-6,9H,1-2,7-8H2,(H,14,15)/b6-4+. The van der Waals surface area contributed by atoms with E-state index in [0.717, 1.165) is 30.2 Å². The number of aliphatic carboxylic acids is 1. The molecule has 0 amide bonds. The van der Waals surface area contributed by atoms with Crippen molar-refractivity contribution in [2.45, 2.75) is 12.8 Å². The number of carboxylic acids is 1. The van der Waals surface area contributed by atoms with Crippen LogP contribution in [-0.2, 0) is 4.79 Å². The lowest BCUT2D eigenvalue weighted by molar-refractivity contribution is -0.131. The summed E-state index contributed by atoms with van der Waals surface area (Å²) in [4.78, 5) is 10.4. The van der Waals surface area contributed by atoms with Gasteiger partial charge in [-0.25, -0.2) is 4.79 Å². The number of hydrogen-bond donors (Lipinski definition) is 1. The Morgan fingerprint density at radius 2 is 1.88 bits per heavy atom. The van der Waals surface area contributed by atoms with E-state index in [1.165, 1.54) is 6.08 Å². The Bertz CT molecular complexity index is 437. The molecule has 1 heterocycles. The van der Waals surface area contributed by atoms with Crippen LogP contribution >= 0.6 is 0 Å². The highest BCUT2D eigenvalue weighted by atomic mass is 16.5. The third kappa shape index (κ3) is 3.24. The predicted octanol–water partition coefficient (Wildman–Crippen LogP) is 2.34. The molecule has 1 aromatic rings. The van der Waals surface area contributed by atoms with Crippen LogP contribution in [0.3, 0.4) is 0 Å². The first-order valence-corrected chi connectivity index (χ1v) is 5.56. The van der Waals surface area contributed by atoms with Crippen LogP contribution in [-0.4, -0.2) is 24.3 Å². The van der Waals surface area contributed by atoms with Crippen LogP contribution in [0.1, 0.15) is 18.4 Å². The Morgan fingerprint density at radius 3 is 2.59 bits per heavy atom. The Labute approximate surface area is 99.5 Å². The quantitative estimate of drug-likeness (QED) is 0.798. The van der Waals surface area contributed by atoms with E-state index in [2.05, 4.69) is 0 Å². The van der Waals surface area contributed by atoms with Crippen molar-refractivity contribution >= 4 is 12.0 Å². The van der Waals surface area contributed by atoms with Gasteiger partial charge in [-0.15, -0.1) is 0 Å². The zero-order valence-electron chi connectivity index (χ0n) is 9.39. The zero-order chi connectivity index (χ0) is 12.1. The third-order valence-electron chi connectivity index (χ3n) is 2.44. The molecular formula is C13H14O4. The van der Waals surface area contributed by atoms with E-state index >= 15 is 0 Å². The van der Waals surface area contributed by atoms with Crippen molar-refractivity contribution in [2.24, 2.45) is 0 Å². The Balaban J connectivity index is 2.21. The summed E-state index contributed by atoms with van der Waals surface area (Å²) < 4.78 is 11.1. The van der Waals surface area contributed by atoms with E-state index in [1.807, 2.05) is 12.1 Å². The normalized spacial score (nSPS) is 15.3. The summed E-state index contributed by atoms with van der Waals surface area (Å²) >= 11 is 0. The van der Waals surface area contributed by atoms with E-state index in [0.29, 0.717) is 19.0 Å². The summed E-state index contributed by atoms with van der Waals surface area (Å²) in [5, 5.41) is 8.55. The lowest BCUT2D eigenvalue weighted by Gasteiger charge is -2.16. The molecule has 0 radical (unpaired) electrons. The fourth-order valence-electron chi connectivity index (χ4n) is 1.60. The summed E-state index contributed by atoms with van der Waals surface area (Å²) in [6.07, 6.45) is 4.59. The average Bonchev–Trinajstić information content (AvgIpc) is 2.27. The molecule has 0 atom stereocenters. The Hall–Kier alpha value is -1.97. The zero-order valence-corrected chi connectivity index (χ0v) is 9.39. The van der Waals surface area contributed by atoms with Crippen molar-refractivity contribution in [3.63, 3.8) is 0 Å². The van der Waals surface area contributed by atoms with Crippen LogP contribution in [0.4, 0.5) is 0 Å². The van der Waals surface area contributed by atoms with Crippen molar-refractivity contribution in [3.05, 3.63) is 29.8 Å². The van der Waals surface area contributed by atoms with Crippen molar-refractivity contribution < 1.29 is 19.4 Å². The second-order valence-electron chi connectivity index (χ2n) is 3.78. The lowest BCUT2D eigenvalue weighted by Crippen LogP contribution is -2.08. The molecule has 0 bridgehead atoms. The van der Waals surface area contributed by atoms with Crippen molar-refractivity contribution in [3.8, 4) is 11.5 Å². The van der Waals surface area contributed by atoms with Gasteiger partial charge in [0, 0.05) is 6.08 Å². The molecule has 0 aliphatic carbocycles. The fraction of sp³-hybridized carbons (Fsp3) is 0.308. The van der Waals surface area contributed by atoms with Crippen molar-refractivity contribution in [2.75, 3.05) is 13.2 Å². The minimum absolute atomic E-state index is 0.669. The van der Waals surface area contributed by atoms with Gasteiger partial charge in [0.05, 0.1) is 13.2 Å². The van der Waals surface area contributed by atoms with Crippen LogP contribution in [0, 0.1) is 0 Å². The number of carboxylic acid groups (broad SMARTS) is 1. The third-order valence-corrected chi connectivity index (χ3v) is 2.44. The lowest BCUT2D eigenvalue weighted by atomic mass is 10.2. The number of fused-ring (bicyclic) bond motifs is 1. The minimum Gasteiger partial charge on any atom is -0.490 e. The number of hydrogen-bond acceptors (Lipinski definition) is 3. The molecule has 90 valence electrons. The molecule has 0 saturated carbocycles. The van der Waals surface area contributed by atoms with E-state index in [1.54, 1.807) is 6.07 Å². The maximum absolute atomic E-state index is 10.4. The smallest absolute Gasteiger partial charge is 0.328 e. The maximum Gasteiger partial charge on any atom is 0.328 e. The second kappa shape index (κ2) is 5.39. The monoisotopic (exact) mass is 234 g/mol. The van der Waals surface area contributed by atoms with Crippen LogP contribution in [0.15, 0.2) is 24.3 Å². The maximum atomic E-state index is 10.4. The van der Waals surface area contributed by atoms with Crippen LogP contribution in [0.25, 0.3) is 6.08 Å². The first-order chi connectivity index (χ1) is 8.25. The van der Waals surface area contributed by atoms with Crippen LogP contribution in [0.2, 0.25) is 0 Å². The molecule has 1 N–H and O–H groups in total. The van der Waals surface area contributed by atoms with Gasteiger partial charge in [0.2, 0.25) is 0 Å². The first-order valence-electron chi connectivity index (χ1n) is 5.56. The van der Waals surface area contributed by atoms with Gasteiger partial charge < -0.3 is 14.6 Å². The van der Waals surface area contributed by atoms with E-state index in [4.69, 9.17) is 14.6 Å². The molecule has 4 heteroatoms. The molecule has 0 unspecified atom stereocenters. The molecule has 0 saturated heterocycles. The molecule has 0 aromatic heterocycles. The number of rotatable bonds is 2. The molecule has 17 heavy (non-hydrogen) atoms. The Morgan fingerprint density at radius 1 is 1.18 bits per heavy atom. The molecule has 1 aromatic carbocycles. The first kappa shape index (κ1) is 11.5. The number of carbonyl (C=O) groups is 1. The summed E-state index contributed by atoms with van der Waals surface area (Å²) in [6, 6.07) is 5.41. The van der Waals surface area contributed by atoms with Gasteiger partial charge in [-0.2, -0.15) is 0 Å². The van der Waals surface area contributed by atoms with Crippen molar-refractivity contribution in [1.82, 2.24) is 0 Å². The highest BCUT2D eigenvalue weighted by Crippen LogP contribution is 2.30. The van der Waals surface area contributed by atoms with Gasteiger partial charge in [-0.3, -0.25) is 0 Å². The van der Waals surface area contributed by atoms with E-state index in [-0.39, 0.29) is 0 Å². The van der Waals surface area contributed by atoms with Gasteiger partial charge in [0.1, 0.15) is 0 Å². The van der Waals surface area contributed by atoms with E-state index in [9.17, 15) is 4.79 Å². The molecule has 0 spiro atoms. The largest absolute Gasteiger partial charge is 0.490 e. The van der Waals surface area contributed by atoms with Gasteiger partial charge in [0.15, 0.2) is 11.5 Å². The van der Waals surface area contributed by atoms with Crippen molar-refractivity contribution in [1.29, 1.82) is 0 Å². The minimum atomic E-state index is -0.964. The van der Waals surface area contributed by atoms with Gasteiger partial charge in [-0.05, 0) is 36.6 Å². The average molecular weight is 234 g/mol. The molecule has 1 aliphatic heterocycles. The molecular weight excluding hydrogens is 220 g/mol. The molecule has 4 nitrogen and oxygen atoms in total. The predicted molar refractivity (Wildman–Crippen MR) is 63.3 cm³/mol. The van der Waals surface area contributed by atoms with Gasteiger partial charge in [-0.1, -0.05) is 6.07 Å². The summed E-state index contributed by atoms with van der Waals surface area (Å²) in [5.74, 6) is 0.434. The second-order valence-corrected chi connectivity index (χ2v) is 3.78. The fourth-order valence-corrected chi connectivity index (χ4v) is 1.60. The van der Waals surface area contributed by atoms with Gasteiger partial charge in [0.25, 0.3) is 0 Å². The molecule has 1 aliphatic rings. The summed E-state index contributed by atoms with van der Waals surface area (Å²) in [6.45, 7) is 1.36. The number of benzene rings is 1. The highest BCUT2D eigenvalue weighted by Gasteiger charge is 2.08. The van der Waals surface area contributed by atoms with E-state index < -0.39 is 5.97 Å². The van der Waals surface area contributed by atoms with Crippen LogP contribution < -0.4 is 9.47 Å². The molecule has 0 fully saturated rings. The Kier molecular flexibility index (Phi) is 3.65. The summed E-state index contributed by atoms with van der Waals surface area (Å²) in [5.41, 5.74) is 0.787. The molecule has 2 rings (SSSR count). The van der Waals surface area contributed by atoms with Crippen LogP contribution in [0.5, 0.6) is 11.5 Å². The SMILES string of the molecule is O=C(O)/C=C/c1ccc2c(c1)OCCCCO2. The summed E-state index contributed by atoms with van der Waals surface area (Å²) in [7, 11) is 0. The number of ether oxygens (including phenoxy) is 2. The van der Waals surface area contributed by atoms with Gasteiger partial charge >= 0.3 is 5.97 Å². The topological polar surface area (TPSA) is 55.8 Å².